The van der Waals surface area contributed by atoms with Crippen LogP contribution >= 0.6 is 0 Å². The fourth-order valence-corrected chi connectivity index (χ4v) is 3.10. The van der Waals surface area contributed by atoms with Gasteiger partial charge >= 0.3 is 0 Å². The Morgan fingerprint density at radius 2 is 2.30 bits per heavy atom. The van der Waals surface area contributed by atoms with Crippen molar-refractivity contribution >= 4 is 5.91 Å². The van der Waals surface area contributed by atoms with Crippen LogP contribution in [0.1, 0.15) is 39.2 Å². The maximum absolute atomic E-state index is 12.6. The third-order valence-electron chi connectivity index (χ3n) is 4.56. The number of carbonyl (C=O) groups is 1. The Hall–Kier alpha value is -1.62. The molecule has 2 rings (SSSR count). The number of likely N-dealkylation sites (tertiary alicyclic amines) is 1. The predicted octanol–water partition coefficient (Wildman–Crippen LogP) is 2.39. The van der Waals surface area contributed by atoms with E-state index in [0.29, 0.717) is 18.5 Å². The minimum atomic E-state index is -0.438. The summed E-state index contributed by atoms with van der Waals surface area (Å²) >= 11 is 0. The van der Waals surface area contributed by atoms with E-state index in [4.69, 9.17) is 4.74 Å². The molecule has 1 fully saturated rings. The monoisotopic (exact) mass is 319 g/mol. The summed E-state index contributed by atoms with van der Waals surface area (Å²) in [6, 6.07) is 4.19. The molecule has 1 N–H and O–H groups in total. The largest absolute Gasteiger partial charge is 0.475 e. The average molecular weight is 319 g/mol. The van der Waals surface area contributed by atoms with Crippen LogP contribution in [0.3, 0.4) is 0 Å². The third kappa shape index (κ3) is 4.67. The van der Waals surface area contributed by atoms with Gasteiger partial charge in [-0.1, -0.05) is 13.0 Å². The second-order valence-electron chi connectivity index (χ2n) is 7.27. The van der Waals surface area contributed by atoms with Crippen LogP contribution < -0.4 is 10.1 Å². The number of nitrogens with zero attached hydrogens (tertiary/aromatic N) is 2. The van der Waals surface area contributed by atoms with E-state index in [0.717, 1.165) is 18.5 Å². The van der Waals surface area contributed by atoms with Crippen LogP contribution in [0, 0.1) is 12.8 Å². The summed E-state index contributed by atoms with van der Waals surface area (Å²) in [5, 5.41) is 3.12. The Morgan fingerprint density at radius 3 is 2.91 bits per heavy atom. The summed E-state index contributed by atoms with van der Waals surface area (Å²) in [6.45, 7) is 9.41. The topological polar surface area (TPSA) is 54.5 Å². The number of carbonyl (C=O) groups excluding carboxylic acids is 1. The molecule has 1 saturated heterocycles. The fraction of sp³-hybridized carbons (Fsp3) is 0.667. The fourth-order valence-electron chi connectivity index (χ4n) is 3.10. The molecule has 0 aliphatic carbocycles. The van der Waals surface area contributed by atoms with Gasteiger partial charge in [0.15, 0.2) is 0 Å². The van der Waals surface area contributed by atoms with Crippen LogP contribution in [-0.2, 0) is 4.79 Å². The minimum Gasteiger partial charge on any atom is -0.475 e. The Bertz CT molecular complexity index is 545. The van der Waals surface area contributed by atoms with Crippen LogP contribution in [-0.4, -0.2) is 47.6 Å². The number of hydrogen-bond donors (Lipinski definition) is 1. The lowest BCUT2D eigenvalue weighted by atomic mass is 9.97. The molecule has 1 unspecified atom stereocenters. The van der Waals surface area contributed by atoms with Crippen molar-refractivity contribution in [2.45, 2.75) is 52.1 Å². The van der Waals surface area contributed by atoms with Gasteiger partial charge in [0.25, 0.3) is 0 Å². The normalized spacial score (nSPS) is 20.3. The summed E-state index contributed by atoms with van der Waals surface area (Å²) in [6.07, 6.45) is 3.98. The van der Waals surface area contributed by atoms with E-state index in [1.165, 1.54) is 6.42 Å². The van der Waals surface area contributed by atoms with E-state index < -0.39 is 5.54 Å². The molecule has 0 bridgehead atoms. The number of ether oxygens (including phenoxy) is 1. The summed E-state index contributed by atoms with van der Waals surface area (Å²) in [5.41, 5.74) is 0.558. The second kappa shape index (κ2) is 7.30. The molecule has 1 aliphatic rings. The van der Waals surface area contributed by atoms with Crippen LogP contribution in [0.2, 0.25) is 0 Å². The molecule has 23 heavy (non-hydrogen) atoms. The molecule has 5 nitrogen and oxygen atoms in total. The second-order valence-corrected chi connectivity index (χ2v) is 7.27. The highest BCUT2D eigenvalue weighted by molar-refractivity contribution is 5.79. The van der Waals surface area contributed by atoms with Crippen LogP contribution in [0.5, 0.6) is 5.88 Å². The van der Waals surface area contributed by atoms with Gasteiger partial charge in [-0.2, -0.15) is 0 Å². The number of amides is 1. The molecule has 2 atom stereocenters. The maximum atomic E-state index is 12.6. The van der Waals surface area contributed by atoms with Crippen molar-refractivity contribution in [2.75, 3.05) is 20.2 Å². The zero-order valence-corrected chi connectivity index (χ0v) is 14.9. The van der Waals surface area contributed by atoms with E-state index >= 15 is 0 Å². The zero-order chi connectivity index (χ0) is 17.0. The number of hydrogen-bond acceptors (Lipinski definition) is 4. The van der Waals surface area contributed by atoms with Gasteiger partial charge in [0, 0.05) is 17.8 Å². The molecule has 1 amide bonds. The molecule has 2 heterocycles. The lowest BCUT2D eigenvalue weighted by Crippen LogP contribution is -2.52. The number of aromatic nitrogens is 1. The molecule has 5 heteroatoms. The lowest BCUT2D eigenvalue weighted by Gasteiger charge is -2.31. The van der Waals surface area contributed by atoms with Crippen LogP contribution in [0.4, 0.5) is 0 Å². The van der Waals surface area contributed by atoms with Gasteiger partial charge in [0.1, 0.15) is 6.61 Å². The molecule has 0 saturated carbocycles. The quantitative estimate of drug-likeness (QED) is 0.875. The van der Waals surface area contributed by atoms with Gasteiger partial charge in [0.2, 0.25) is 11.8 Å². The molecule has 1 aliphatic heterocycles. The number of aryl methyl sites for hydroxylation is 1. The first-order valence-electron chi connectivity index (χ1n) is 8.37. The smallest absolute Gasteiger partial charge is 0.224 e. The zero-order valence-electron chi connectivity index (χ0n) is 14.9. The van der Waals surface area contributed by atoms with Crippen LogP contribution in [0.25, 0.3) is 0 Å². The first-order chi connectivity index (χ1) is 10.8. The predicted molar refractivity (Wildman–Crippen MR) is 91.5 cm³/mol. The molecule has 0 aromatic carbocycles. The Kier molecular flexibility index (Phi) is 5.63. The molecule has 1 aromatic rings. The number of pyridine rings is 1. The highest BCUT2D eigenvalue weighted by Crippen LogP contribution is 2.23. The lowest BCUT2D eigenvalue weighted by molar-refractivity contribution is -0.128. The maximum Gasteiger partial charge on any atom is 0.224 e. The summed E-state index contributed by atoms with van der Waals surface area (Å²) in [4.78, 5) is 19.1. The molecular formula is C18H29N3O2. The number of nitrogens with one attached hydrogen (secondary N) is 1. The Labute approximate surface area is 139 Å². The van der Waals surface area contributed by atoms with Gasteiger partial charge in [-0.3, -0.25) is 4.79 Å². The van der Waals surface area contributed by atoms with Crippen molar-refractivity contribution in [1.29, 1.82) is 0 Å². The molecule has 1 aromatic heterocycles. The first-order valence-corrected chi connectivity index (χ1v) is 8.37. The Morgan fingerprint density at radius 1 is 1.57 bits per heavy atom. The SMILES string of the molecule is Cc1cccnc1OCC(C)(C)NC(=O)[C@H](C)C1CCCN1C. The Balaban J connectivity index is 1.89. The average Bonchev–Trinajstić information content (AvgIpc) is 2.91. The van der Waals surface area contributed by atoms with Crippen molar-refractivity contribution in [3.8, 4) is 5.88 Å². The first kappa shape index (κ1) is 17.7. The molecule has 128 valence electrons. The van der Waals surface area contributed by atoms with Crippen molar-refractivity contribution in [3.05, 3.63) is 23.9 Å². The van der Waals surface area contributed by atoms with E-state index in [2.05, 4.69) is 22.2 Å². The number of rotatable bonds is 6. The molecule has 0 radical (unpaired) electrons. The van der Waals surface area contributed by atoms with Gasteiger partial charge in [-0.05, 0) is 53.3 Å². The van der Waals surface area contributed by atoms with E-state index in [-0.39, 0.29) is 11.8 Å². The van der Waals surface area contributed by atoms with E-state index in [9.17, 15) is 4.79 Å². The van der Waals surface area contributed by atoms with Gasteiger partial charge in [-0.15, -0.1) is 0 Å². The summed E-state index contributed by atoms with van der Waals surface area (Å²) in [7, 11) is 2.10. The highest BCUT2D eigenvalue weighted by Gasteiger charge is 2.33. The van der Waals surface area contributed by atoms with Crippen molar-refractivity contribution in [3.63, 3.8) is 0 Å². The summed E-state index contributed by atoms with van der Waals surface area (Å²) in [5.74, 6) is 0.701. The van der Waals surface area contributed by atoms with Gasteiger partial charge in [-0.25, -0.2) is 4.98 Å². The van der Waals surface area contributed by atoms with Gasteiger partial charge < -0.3 is 15.0 Å². The van der Waals surface area contributed by atoms with E-state index in [1.807, 2.05) is 39.8 Å². The van der Waals surface area contributed by atoms with Crippen LogP contribution in [0.15, 0.2) is 18.3 Å². The standard InChI is InChI=1S/C18H29N3O2/c1-13-8-6-10-19-17(13)23-12-18(3,4)20-16(22)14(2)15-9-7-11-21(15)5/h6,8,10,14-15H,7,9,11-12H2,1-5H3,(H,20,22)/t14-,15?/m1/s1. The summed E-state index contributed by atoms with van der Waals surface area (Å²) < 4.78 is 5.79. The van der Waals surface area contributed by atoms with Crippen molar-refractivity contribution in [1.82, 2.24) is 15.2 Å². The van der Waals surface area contributed by atoms with Crippen molar-refractivity contribution < 1.29 is 9.53 Å². The third-order valence-corrected chi connectivity index (χ3v) is 4.56. The highest BCUT2D eigenvalue weighted by atomic mass is 16.5. The van der Waals surface area contributed by atoms with Gasteiger partial charge in [0.05, 0.1) is 11.5 Å². The minimum absolute atomic E-state index is 0.0154. The van der Waals surface area contributed by atoms with Crippen molar-refractivity contribution in [2.24, 2.45) is 5.92 Å². The molecule has 0 spiro atoms. The molecular weight excluding hydrogens is 290 g/mol. The van der Waals surface area contributed by atoms with E-state index in [1.54, 1.807) is 6.20 Å².